The molecular weight excluding hydrogens is 216 g/mol. The molecule has 0 amide bonds. The maximum Gasteiger partial charge on any atom is 0.169 e. The van der Waals surface area contributed by atoms with Crippen LogP contribution < -0.4 is 0 Å². The number of hydrogen-bond acceptors (Lipinski definition) is 3. The maximum atomic E-state index is 10.2. The van der Waals surface area contributed by atoms with E-state index in [4.69, 9.17) is 9.47 Å². The first-order chi connectivity index (χ1) is 8.10. The summed E-state index contributed by atoms with van der Waals surface area (Å²) < 4.78 is 12.0. The Morgan fingerprint density at radius 3 is 2.71 bits per heavy atom. The molecule has 1 aliphatic heterocycles. The van der Waals surface area contributed by atoms with Crippen molar-refractivity contribution in [2.24, 2.45) is 0 Å². The Kier molecular flexibility index (Phi) is 3.91. The van der Waals surface area contributed by atoms with Gasteiger partial charge in [-0.15, -0.1) is 6.58 Å². The third-order valence-corrected chi connectivity index (χ3v) is 4.01. The summed E-state index contributed by atoms with van der Waals surface area (Å²) in [5.74, 6) is -0.401. The first kappa shape index (κ1) is 13.1. The minimum atomic E-state index is -0.541. The molecule has 1 saturated carbocycles. The lowest BCUT2D eigenvalue weighted by molar-refractivity contribution is -0.217. The second kappa shape index (κ2) is 5.09. The molecule has 2 aliphatic rings. The minimum absolute atomic E-state index is 0.401. The average molecular weight is 240 g/mol. The van der Waals surface area contributed by atoms with Crippen molar-refractivity contribution in [3.8, 4) is 0 Å². The van der Waals surface area contributed by atoms with Crippen molar-refractivity contribution in [3.63, 3.8) is 0 Å². The molecule has 1 spiro atoms. The quantitative estimate of drug-likeness (QED) is 0.768. The van der Waals surface area contributed by atoms with Crippen molar-refractivity contribution in [3.05, 3.63) is 12.7 Å². The summed E-state index contributed by atoms with van der Waals surface area (Å²) in [5.41, 5.74) is -0.541. The van der Waals surface area contributed by atoms with Gasteiger partial charge in [0.1, 0.15) is 5.60 Å². The second-order valence-electron chi connectivity index (χ2n) is 5.56. The van der Waals surface area contributed by atoms with Gasteiger partial charge in [-0.05, 0) is 32.6 Å². The molecule has 0 unspecified atom stereocenters. The molecule has 3 nitrogen and oxygen atoms in total. The third kappa shape index (κ3) is 2.72. The van der Waals surface area contributed by atoms with Crippen molar-refractivity contribution in [2.75, 3.05) is 6.61 Å². The fourth-order valence-corrected chi connectivity index (χ4v) is 2.84. The van der Waals surface area contributed by atoms with E-state index in [2.05, 4.69) is 6.58 Å². The molecule has 17 heavy (non-hydrogen) atoms. The molecule has 1 heterocycles. The molecule has 98 valence electrons. The van der Waals surface area contributed by atoms with Gasteiger partial charge < -0.3 is 14.6 Å². The smallest absolute Gasteiger partial charge is 0.169 e. The normalized spacial score (nSPS) is 33.8. The van der Waals surface area contributed by atoms with Crippen LogP contribution in [0.25, 0.3) is 0 Å². The highest BCUT2D eigenvalue weighted by Crippen LogP contribution is 2.43. The van der Waals surface area contributed by atoms with Crippen molar-refractivity contribution in [1.82, 2.24) is 0 Å². The van der Waals surface area contributed by atoms with Gasteiger partial charge in [-0.2, -0.15) is 0 Å². The zero-order valence-corrected chi connectivity index (χ0v) is 10.8. The van der Waals surface area contributed by atoms with Gasteiger partial charge in [-0.1, -0.05) is 12.5 Å². The van der Waals surface area contributed by atoms with E-state index in [1.807, 2.05) is 13.0 Å². The Hall–Kier alpha value is -0.380. The minimum Gasteiger partial charge on any atom is -0.390 e. The van der Waals surface area contributed by atoms with E-state index in [-0.39, 0.29) is 0 Å². The standard InChI is InChI=1S/C14H24O3/c1-3-4-8-12(15)13(2)11-16-14(17-13)9-6-5-7-10-14/h3,12,15H,1,4-11H2,2H3/t12-,13+/m0/s1. The Labute approximate surface area is 104 Å². The summed E-state index contributed by atoms with van der Waals surface area (Å²) >= 11 is 0. The number of allylic oxidation sites excluding steroid dienone is 1. The van der Waals surface area contributed by atoms with Crippen molar-refractivity contribution in [1.29, 1.82) is 0 Å². The van der Waals surface area contributed by atoms with E-state index in [0.717, 1.165) is 19.3 Å². The van der Waals surface area contributed by atoms with Crippen LogP contribution >= 0.6 is 0 Å². The molecule has 0 aromatic carbocycles. The Bertz CT molecular complexity index is 271. The van der Waals surface area contributed by atoms with Crippen LogP contribution in [0.5, 0.6) is 0 Å². The number of hydrogen-bond donors (Lipinski definition) is 1. The zero-order chi connectivity index (χ0) is 12.4. The van der Waals surface area contributed by atoms with E-state index in [1.54, 1.807) is 0 Å². The molecule has 1 N–H and O–H groups in total. The average Bonchev–Trinajstić information content (AvgIpc) is 2.66. The first-order valence-electron chi connectivity index (χ1n) is 6.73. The highest BCUT2D eigenvalue weighted by Gasteiger charge is 2.51. The lowest BCUT2D eigenvalue weighted by Gasteiger charge is -2.35. The van der Waals surface area contributed by atoms with Crippen molar-refractivity contribution >= 4 is 0 Å². The molecular formula is C14H24O3. The van der Waals surface area contributed by atoms with Crippen molar-refractivity contribution in [2.45, 2.75) is 69.4 Å². The summed E-state index contributed by atoms with van der Waals surface area (Å²) in [6.45, 7) is 6.15. The number of aliphatic hydroxyl groups is 1. The molecule has 0 radical (unpaired) electrons. The Morgan fingerprint density at radius 2 is 2.06 bits per heavy atom. The largest absolute Gasteiger partial charge is 0.390 e. The first-order valence-corrected chi connectivity index (χ1v) is 6.73. The molecule has 2 rings (SSSR count). The van der Waals surface area contributed by atoms with Crippen LogP contribution in [0.15, 0.2) is 12.7 Å². The molecule has 2 atom stereocenters. The molecule has 0 bridgehead atoms. The third-order valence-electron chi connectivity index (χ3n) is 4.01. The summed E-state index contributed by atoms with van der Waals surface area (Å²) in [6.07, 6.45) is 8.41. The Balaban J connectivity index is 1.96. The molecule has 1 saturated heterocycles. The summed E-state index contributed by atoms with van der Waals surface area (Å²) in [5, 5.41) is 10.2. The molecule has 2 fully saturated rings. The van der Waals surface area contributed by atoms with E-state index >= 15 is 0 Å². The molecule has 3 heteroatoms. The molecule has 1 aliphatic carbocycles. The number of rotatable bonds is 4. The monoisotopic (exact) mass is 240 g/mol. The SMILES string of the molecule is C=CCC[C@H](O)[C@@]1(C)COC2(CCCCC2)O1. The van der Waals surface area contributed by atoms with Crippen LogP contribution in [0, 0.1) is 0 Å². The van der Waals surface area contributed by atoms with Gasteiger partial charge >= 0.3 is 0 Å². The van der Waals surface area contributed by atoms with Crippen LogP contribution in [0.4, 0.5) is 0 Å². The molecule has 0 aromatic heterocycles. The fourth-order valence-electron chi connectivity index (χ4n) is 2.84. The van der Waals surface area contributed by atoms with E-state index < -0.39 is 17.5 Å². The lowest BCUT2D eigenvalue weighted by Crippen LogP contribution is -2.44. The Morgan fingerprint density at radius 1 is 1.35 bits per heavy atom. The van der Waals surface area contributed by atoms with Gasteiger partial charge in [0.05, 0.1) is 12.7 Å². The van der Waals surface area contributed by atoms with E-state index in [0.29, 0.717) is 13.0 Å². The van der Waals surface area contributed by atoms with E-state index in [9.17, 15) is 5.11 Å². The topological polar surface area (TPSA) is 38.7 Å². The highest BCUT2D eigenvalue weighted by atomic mass is 16.8. The number of aliphatic hydroxyl groups excluding tert-OH is 1. The summed E-state index contributed by atoms with van der Waals surface area (Å²) in [6, 6.07) is 0. The van der Waals surface area contributed by atoms with Gasteiger partial charge in [0.2, 0.25) is 0 Å². The van der Waals surface area contributed by atoms with Crippen LogP contribution in [-0.2, 0) is 9.47 Å². The second-order valence-corrected chi connectivity index (χ2v) is 5.56. The van der Waals surface area contributed by atoms with Gasteiger partial charge in [0.25, 0.3) is 0 Å². The number of ether oxygens (including phenoxy) is 2. The lowest BCUT2D eigenvalue weighted by atomic mass is 9.93. The van der Waals surface area contributed by atoms with Gasteiger partial charge in [0, 0.05) is 12.8 Å². The van der Waals surface area contributed by atoms with Crippen molar-refractivity contribution < 1.29 is 14.6 Å². The van der Waals surface area contributed by atoms with E-state index in [1.165, 1.54) is 19.3 Å². The van der Waals surface area contributed by atoms with Crippen LogP contribution in [0.3, 0.4) is 0 Å². The van der Waals surface area contributed by atoms with Crippen LogP contribution in [0.1, 0.15) is 51.9 Å². The van der Waals surface area contributed by atoms with Crippen LogP contribution in [-0.4, -0.2) is 29.2 Å². The summed E-state index contributed by atoms with van der Waals surface area (Å²) in [4.78, 5) is 0. The predicted octanol–water partition coefficient (Wildman–Crippen LogP) is 2.78. The summed E-state index contributed by atoms with van der Waals surface area (Å²) in [7, 11) is 0. The van der Waals surface area contributed by atoms with Gasteiger partial charge in [0.15, 0.2) is 5.79 Å². The predicted molar refractivity (Wildman–Crippen MR) is 66.7 cm³/mol. The fraction of sp³-hybridized carbons (Fsp3) is 0.857. The molecule has 0 aromatic rings. The maximum absolute atomic E-state index is 10.2. The highest BCUT2D eigenvalue weighted by molar-refractivity contribution is 4.94. The van der Waals surface area contributed by atoms with Crippen LogP contribution in [0.2, 0.25) is 0 Å². The van der Waals surface area contributed by atoms with Gasteiger partial charge in [-0.25, -0.2) is 0 Å². The van der Waals surface area contributed by atoms with Gasteiger partial charge in [-0.3, -0.25) is 0 Å². The zero-order valence-electron chi connectivity index (χ0n) is 10.8.